The molecule has 0 saturated carbocycles. The zero-order valence-electron chi connectivity index (χ0n) is 12.6. The van der Waals surface area contributed by atoms with Crippen LogP contribution < -0.4 is 10.5 Å². The van der Waals surface area contributed by atoms with E-state index < -0.39 is 0 Å². The highest BCUT2D eigenvalue weighted by Crippen LogP contribution is 2.38. The molecule has 0 spiro atoms. The fraction of sp³-hybridized carbons (Fsp3) is 0.533. The number of hydrogen-bond acceptors (Lipinski definition) is 5. The SMILES string of the molecule is COCCN1C(N)=NCC1(C)c1cc(C)ccc1OC. The second-order valence-electron chi connectivity index (χ2n) is 5.30. The zero-order valence-corrected chi connectivity index (χ0v) is 12.6. The summed E-state index contributed by atoms with van der Waals surface area (Å²) in [5.74, 6) is 1.43. The van der Waals surface area contributed by atoms with Gasteiger partial charge in [-0.1, -0.05) is 11.6 Å². The molecular formula is C15H23N3O2. The quantitative estimate of drug-likeness (QED) is 0.886. The lowest BCUT2D eigenvalue weighted by atomic mass is 9.89. The molecule has 0 bridgehead atoms. The Labute approximate surface area is 120 Å². The van der Waals surface area contributed by atoms with Crippen LogP contribution in [0, 0.1) is 6.92 Å². The van der Waals surface area contributed by atoms with Crippen LogP contribution in [0.4, 0.5) is 0 Å². The van der Waals surface area contributed by atoms with E-state index in [1.54, 1.807) is 14.2 Å². The summed E-state index contributed by atoms with van der Waals surface area (Å²) in [6.45, 7) is 6.16. The van der Waals surface area contributed by atoms with Gasteiger partial charge in [0.1, 0.15) is 5.75 Å². The second kappa shape index (κ2) is 5.71. The van der Waals surface area contributed by atoms with Crippen LogP contribution in [0.15, 0.2) is 23.2 Å². The molecule has 5 heteroatoms. The molecule has 0 radical (unpaired) electrons. The number of nitrogens with two attached hydrogens (primary N) is 1. The maximum absolute atomic E-state index is 6.04. The van der Waals surface area contributed by atoms with E-state index in [1.807, 2.05) is 12.1 Å². The highest BCUT2D eigenvalue weighted by atomic mass is 16.5. The van der Waals surface area contributed by atoms with Crippen molar-refractivity contribution >= 4 is 5.96 Å². The summed E-state index contributed by atoms with van der Waals surface area (Å²) in [6.07, 6.45) is 0. The van der Waals surface area contributed by atoms with Gasteiger partial charge in [-0.05, 0) is 26.0 Å². The van der Waals surface area contributed by atoms with Crippen molar-refractivity contribution < 1.29 is 9.47 Å². The van der Waals surface area contributed by atoms with Crippen LogP contribution in [-0.2, 0) is 10.3 Å². The highest BCUT2D eigenvalue weighted by molar-refractivity contribution is 5.81. The van der Waals surface area contributed by atoms with Crippen molar-refractivity contribution in [2.24, 2.45) is 10.7 Å². The number of methoxy groups -OCH3 is 2. The number of aryl methyl sites for hydroxylation is 1. The van der Waals surface area contributed by atoms with Gasteiger partial charge in [0.2, 0.25) is 0 Å². The lowest BCUT2D eigenvalue weighted by Crippen LogP contribution is -2.49. The third-order valence-electron chi connectivity index (χ3n) is 3.88. The van der Waals surface area contributed by atoms with Gasteiger partial charge in [-0.15, -0.1) is 0 Å². The molecule has 5 nitrogen and oxygen atoms in total. The van der Waals surface area contributed by atoms with E-state index in [9.17, 15) is 0 Å². The average Bonchev–Trinajstić information content (AvgIpc) is 2.73. The van der Waals surface area contributed by atoms with E-state index in [0.717, 1.165) is 11.3 Å². The van der Waals surface area contributed by atoms with Gasteiger partial charge in [0.05, 0.1) is 25.8 Å². The molecule has 0 saturated heterocycles. The summed E-state index contributed by atoms with van der Waals surface area (Å²) in [6, 6.07) is 6.19. The fourth-order valence-corrected chi connectivity index (χ4v) is 2.68. The van der Waals surface area contributed by atoms with Crippen LogP contribution in [0.25, 0.3) is 0 Å². The van der Waals surface area contributed by atoms with E-state index in [-0.39, 0.29) is 5.54 Å². The molecule has 2 N–H and O–H groups in total. The number of nitrogens with zero attached hydrogens (tertiary/aromatic N) is 2. The summed E-state index contributed by atoms with van der Waals surface area (Å²) >= 11 is 0. The molecule has 0 fully saturated rings. The van der Waals surface area contributed by atoms with Crippen LogP contribution >= 0.6 is 0 Å². The zero-order chi connectivity index (χ0) is 14.8. The molecule has 0 amide bonds. The average molecular weight is 277 g/mol. The Kier molecular flexibility index (Phi) is 4.18. The van der Waals surface area contributed by atoms with Crippen molar-refractivity contribution in [2.75, 3.05) is 33.9 Å². The Bertz CT molecular complexity index is 516. The number of guanidine groups is 1. The Hall–Kier alpha value is -1.75. The molecule has 110 valence electrons. The number of aliphatic imine (C=N–C) groups is 1. The van der Waals surface area contributed by atoms with Gasteiger partial charge in [-0.2, -0.15) is 0 Å². The molecule has 20 heavy (non-hydrogen) atoms. The van der Waals surface area contributed by atoms with Crippen LogP contribution in [0.1, 0.15) is 18.1 Å². The predicted octanol–water partition coefficient (Wildman–Crippen LogP) is 1.50. The molecule has 1 aromatic carbocycles. The largest absolute Gasteiger partial charge is 0.496 e. The van der Waals surface area contributed by atoms with E-state index in [0.29, 0.717) is 25.7 Å². The number of rotatable bonds is 5. The Morgan fingerprint density at radius 1 is 1.40 bits per heavy atom. The Balaban J connectivity index is 2.41. The molecular weight excluding hydrogens is 254 g/mol. The lowest BCUT2D eigenvalue weighted by Gasteiger charge is -2.37. The molecule has 1 aliphatic heterocycles. The monoisotopic (exact) mass is 277 g/mol. The molecule has 1 aliphatic rings. The number of ether oxygens (including phenoxy) is 2. The van der Waals surface area contributed by atoms with E-state index in [1.165, 1.54) is 5.56 Å². The third kappa shape index (κ3) is 2.45. The van der Waals surface area contributed by atoms with Crippen molar-refractivity contribution in [3.63, 3.8) is 0 Å². The standard InChI is InChI=1S/C15H23N3O2/c1-11-5-6-13(20-4)12(9-11)15(2)10-17-14(16)18(15)7-8-19-3/h5-6,9H,7-8,10H2,1-4H3,(H2,16,17). The number of benzene rings is 1. The van der Waals surface area contributed by atoms with Crippen LogP contribution in [0.3, 0.4) is 0 Å². The predicted molar refractivity (Wildman–Crippen MR) is 80.2 cm³/mol. The normalized spacial score (nSPS) is 22.0. The van der Waals surface area contributed by atoms with Gasteiger partial charge < -0.3 is 20.1 Å². The first-order valence-electron chi connectivity index (χ1n) is 6.74. The first-order chi connectivity index (χ1) is 9.52. The highest BCUT2D eigenvalue weighted by Gasteiger charge is 2.41. The van der Waals surface area contributed by atoms with Crippen molar-refractivity contribution in [3.8, 4) is 5.75 Å². The maximum atomic E-state index is 6.04. The van der Waals surface area contributed by atoms with Crippen molar-refractivity contribution in [1.82, 2.24) is 4.90 Å². The molecule has 0 aromatic heterocycles. The molecule has 0 aliphatic carbocycles. The van der Waals surface area contributed by atoms with Crippen molar-refractivity contribution in [2.45, 2.75) is 19.4 Å². The molecule has 1 heterocycles. The summed E-state index contributed by atoms with van der Waals surface area (Å²) < 4.78 is 10.7. The second-order valence-corrected chi connectivity index (χ2v) is 5.30. The van der Waals surface area contributed by atoms with Gasteiger partial charge in [0, 0.05) is 19.2 Å². The van der Waals surface area contributed by atoms with E-state index in [4.69, 9.17) is 15.2 Å². The number of hydrogen-bond donors (Lipinski definition) is 1. The third-order valence-corrected chi connectivity index (χ3v) is 3.88. The summed E-state index contributed by atoms with van der Waals surface area (Å²) in [4.78, 5) is 6.51. The summed E-state index contributed by atoms with van der Waals surface area (Å²) in [5, 5.41) is 0. The van der Waals surface area contributed by atoms with Gasteiger partial charge in [0.25, 0.3) is 0 Å². The van der Waals surface area contributed by atoms with E-state index >= 15 is 0 Å². The Morgan fingerprint density at radius 3 is 2.80 bits per heavy atom. The molecule has 1 aromatic rings. The maximum Gasteiger partial charge on any atom is 0.192 e. The molecule has 1 unspecified atom stereocenters. The van der Waals surface area contributed by atoms with Gasteiger partial charge in [0.15, 0.2) is 5.96 Å². The van der Waals surface area contributed by atoms with Gasteiger partial charge in [-0.3, -0.25) is 4.99 Å². The minimum atomic E-state index is -0.292. The smallest absolute Gasteiger partial charge is 0.192 e. The fourth-order valence-electron chi connectivity index (χ4n) is 2.68. The Morgan fingerprint density at radius 2 is 2.15 bits per heavy atom. The first kappa shape index (κ1) is 14.7. The topological polar surface area (TPSA) is 60.1 Å². The van der Waals surface area contributed by atoms with Crippen molar-refractivity contribution in [1.29, 1.82) is 0 Å². The van der Waals surface area contributed by atoms with Gasteiger partial charge in [-0.25, -0.2) is 0 Å². The summed E-state index contributed by atoms with van der Waals surface area (Å²) in [5.41, 5.74) is 8.06. The van der Waals surface area contributed by atoms with Gasteiger partial charge >= 0.3 is 0 Å². The molecule has 1 atom stereocenters. The minimum absolute atomic E-state index is 0.292. The molecule has 2 rings (SSSR count). The minimum Gasteiger partial charge on any atom is -0.496 e. The summed E-state index contributed by atoms with van der Waals surface area (Å²) in [7, 11) is 3.38. The van der Waals surface area contributed by atoms with Crippen molar-refractivity contribution in [3.05, 3.63) is 29.3 Å². The first-order valence-corrected chi connectivity index (χ1v) is 6.74. The van der Waals surface area contributed by atoms with Crippen LogP contribution in [-0.4, -0.2) is 44.8 Å². The lowest BCUT2D eigenvalue weighted by molar-refractivity contribution is 0.135. The van der Waals surface area contributed by atoms with Crippen LogP contribution in [0.5, 0.6) is 5.75 Å². The van der Waals surface area contributed by atoms with Crippen LogP contribution in [0.2, 0.25) is 0 Å². The van der Waals surface area contributed by atoms with E-state index in [2.05, 4.69) is 29.8 Å².